The third-order valence-electron chi connectivity index (χ3n) is 0.541. The molecule has 0 aromatic rings. The highest BCUT2D eigenvalue weighted by atomic mass is 127. The fourth-order valence-corrected chi connectivity index (χ4v) is 1.37. The minimum atomic E-state index is -0.760. The van der Waals surface area contributed by atoms with Crippen molar-refractivity contribution < 1.29 is 5.11 Å². The molecular formula is C4H7I2O. The molecule has 0 spiro atoms. The van der Waals surface area contributed by atoms with Crippen LogP contribution in [0.4, 0.5) is 0 Å². The van der Waals surface area contributed by atoms with Gasteiger partial charge in [0.1, 0.15) is 0 Å². The summed E-state index contributed by atoms with van der Waals surface area (Å²) < 4.78 is -0.760. The smallest absolute Gasteiger partial charge is 0.203 e. The Balaban J connectivity index is 3.15. The second-order valence-corrected chi connectivity index (χ2v) is 6.94. The summed E-state index contributed by atoms with van der Waals surface area (Å²) in [4.78, 5) is 0. The number of alkyl halides is 2. The first-order valence-electron chi connectivity index (χ1n) is 2.14. The predicted molar refractivity (Wildman–Crippen MR) is 46.4 cm³/mol. The van der Waals surface area contributed by atoms with E-state index in [4.69, 9.17) is 0 Å². The molecule has 3 heteroatoms. The molecule has 0 bridgehead atoms. The predicted octanol–water partition coefficient (Wildman–Crippen LogP) is 2.74. The number of rotatable bonds is 2. The van der Waals surface area contributed by atoms with Crippen LogP contribution in [0.3, 0.4) is 0 Å². The Morgan fingerprint density at radius 1 is 1.57 bits per heavy atom. The summed E-state index contributed by atoms with van der Waals surface area (Å²) >= 11 is 3.82. The zero-order chi connectivity index (χ0) is 5.91. The van der Waals surface area contributed by atoms with Crippen LogP contribution in [0.15, 0.2) is 0 Å². The maximum atomic E-state index is 10.7. The van der Waals surface area contributed by atoms with Gasteiger partial charge in [-0.2, -0.15) is 0 Å². The molecule has 7 heavy (non-hydrogen) atoms. The van der Waals surface area contributed by atoms with Crippen molar-refractivity contribution in [3.8, 4) is 0 Å². The van der Waals surface area contributed by atoms with E-state index in [9.17, 15) is 5.11 Å². The maximum Gasteiger partial charge on any atom is 0.203 e. The van der Waals surface area contributed by atoms with Crippen LogP contribution in [-0.2, 0) is 5.11 Å². The summed E-state index contributed by atoms with van der Waals surface area (Å²) in [6.07, 6.45) is 1.74. The second-order valence-electron chi connectivity index (χ2n) is 1.39. The van der Waals surface area contributed by atoms with Crippen LogP contribution in [0.25, 0.3) is 0 Å². The average molecular weight is 325 g/mol. The van der Waals surface area contributed by atoms with E-state index in [0.29, 0.717) is 0 Å². The first-order chi connectivity index (χ1) is 3.06. The molecular weight excluding hydrogens is 318 g/mol. The molecule has 0 unspecified atom stereocenters. The topological polar surface area (TPSA) is 19.9 Å². The molecule has 0 fully saturated rings. The molecule has 1 radical (unpaired) electrons. The van der Waals surface area contributed by atoms with Gasteiger partial charge < -0.3 is 0 Å². The zero-order valence-electron chi connectivity index (χ0n) is 4.08. The third-order valence-corrected chi connectivity index (χ3v) is 1.62. The highest BCUT2D eigenvalue weighted by Gasteiger charge is 2.17. The van der Waals surface area contributed by atoms with Gasteiger partial charge in [0.2, 0.25) is 1.61 Å². The molecule has 0 atom stereocenters. The maximum absolute atomic E-state index is 10.7. The third kappa shape index (κ3) is 7.42. The average Bonchev–Trinajstić information content (AvgIpc) is 1.30. The van der Waals surface area contributed by atoms with Gasteiger partial charge in [-0.1, -0.05) is 13.3 Å². The Morgan fingerprint density at radius 2 is 2.00 bits per heavy atom. The van der Waals surface area contributed by atoms with Crippen molar-refractivity contribution in [2.75, 3.05) is 0 Å². The molecule has 0 N–H and O–H groups in total. The molecule has 0 aromatic heterocycles. The summed E-state index contributed by atoms with van der Waals surface area (Å²) in [5.41, 5.74) is 0. The molecule has 0 rings (SSSR count). The van der Waals surface area contributed by atoms with E-state index in [1.807, 2.05) is 52.1 Å². The van der Waals surface area contributed by atoms with E-state index >= 15 is 0 Å². The summed E-state index contributed by atoms with van der Waals surface area (Å²) in [6, 6.07) is 0. The van der Waals surface area contributed by atoms with Crippen molar-refractivity contribution in [3.05, 3.63) is 0 Å². The summed E-state index contributed by atoms with van der Waals surface area (Å²) in [5.74, 6) is 0. The van der Waals surface area contributed by atoms with Crippen LogP contribution in [0, 0.1) is 0 Å². The van der Waals surface area contributed by atoms with Crippen LogP contribution < -0.4 is 0 Å². The Bertz CT molecular complexity index is 48.1. The van der Waals surface area contributed by atoms with Crippen LogP contribution >= 0.6 is 45.2 Å². The van der Waals surface area contributed by atoms with Gasteiger partial charge in [0.25, 0.3) is 0 Å². The molecule has 0 aromatic carbocycles. The lowest BCUT2D eigenvalue weighted by Crippen LogP contribution is -2.04. The SMILES string of the molecule is CCCC([O])(I)I. The molecule has 0 heterocycles. The van der Waals surface area contributed by atoms with Gasteiger partial charge in [-0.05, 0) is 51.6 Å². The van der Waals surface area contributed by atoms with Gasteiger partial charge in [0.05, 0.1) is 0 Å². The Kier molecular flexibility index (Phi) is 4.15. The van der Waals surface area contributed by atoms with Gasteiger partial charge >= 0.3 is 0 Å². The fourth-order valence-electron chi connectivity index (χ4n) is 0.291. The Morgan fingerprint density at radius 3 is 2.00 bits per heavy atom. The van der Waals surface area contributed by atoms with E-state index in [1.165, 1.54) is 0 Å². The van der Waals surface area contributed by atoms with Gasteiger partial charge in [-0.3, -0.25) is 0 Å². The molecule has 0 saturated carbocycles. The molecule has 0 aliphatic rings. The minimum Gasteiger partial charge on any atom is -0.206 e. The van der Waals surface area contributed by atoms with Crippen LogP contribution in [-0.4, -0.2) is 1.61 Å². The second kappa shape index (κ2) is 3.45. The standard InChI is InChI=1S/C4H7I2O/c1-2-3-4(5,6)7/h2-3H2,1H3. The van der Waals surface area contributed by atoms with Crippen LogP contribution in [0.1, 0.15) is 19.8 Å². The first-order valence-corrected chi connectivity index (χ1v) is 4.30. The van der Waals surface area contributed by atoms with Crippen molar-refractivity contribution in [2.24, 2.45) is 0 Å². The van der Waals surface area contributed by atoms with Gasteiger partial charge in [-0.15, -0.1) is 0 Å². The Labute approximate surface area is 71.2 Å². The van der Waals surface area contributed by atoms with Crippen LogP contribution in [0.2, 0.25) is 0 Å². The normalized spacial score (nSPS) is 12.0. The van der Waals surface area contributed by atoms with Crippen molar-refractivity contribution in [1.29, 1.82) is 0 Å². The molecule has 43 valence electrons. The molecule has 0 aliphatic carbocycles. The molecule has 0 aliphatic heterocycles. The number of hydrogen-bond donors (Lipinski definition) is 0. The molecule has 0 amide bonds. The van der Waals surface area contributed by atoms with Crippen LogP contribution in [0.5, 0.6) is 0 Å². The number of halogens is 2. The van der Waals surface area contributed by atoms with E-state index in [0.717, 1.165) is 12.8 Å². The van der Waals surface area contributed by atoms with Gasteiger partial charge in [-0.25, -0.2) is 5.11 Å². The first kappa shape index (κ1) is 8.42. The summed E-state index contributed by atoms with van der Waals surface area (Å²) in [7, 11) is 0. The van der Waals surface area contributed by atoms with Gasteiger partial charge in [0, 0.05) is 0 Å². The highest BCUT2D eigenvalue weighted by Crippen LogP contribution is 2.29. The van der Waals surface area contributed by atoms with Crippen molar-refractivity contribution in [2.45, 2.75) is 21.4 Å². The molecule has 1 nitrogen and oxygen atoms in total. The van der Waals surface area contributed by atoms with E-state index in [-0.39, 0.29) is 0 Å². The van der Waals surface area contributed by atoms with E-state index in [1.54, 1.807) is 0 Å². The lowest BCUT2D eigenvalue weighted by Gasteiger charge is -2.05. The zero-order valence-corrected chi connectivity index (χ0v) is 8.39. The summed E-state index contributed by atoms with van der Waals surface area (Å²) in [6.45, 7) is 2.02. The van der Waals surface area contributed by atoms with Crippen molar-refractivity contribution in [1.82, 2.24) is 0 Å². The van der Waals surface area contributed by atoms with Crippen molar-refractivity contribution >= 4 is 45.2 Å². The van der Waals surface area contributed by atoms with E-state index < -0.39 is 1.61 Å². The van der Waals surface area contributed by atoms with E-state index in [2.05, 4.69) is 0 Å². The highest BCUT2D eigenvalue weighted by molar-refractivity contribution is 14.2. The Hall–Kier alpha value is 1.42. The number of hydrogen-bond acceptors (Lipinski definition) is 0. The summed E-state index contributed by atoms with van der Waals surface area (Å²) in [5, 5.41) is 10.7. The molecule has 0 saturated heterocycles. The lowest BCUT2D eigenvalue weighted by molar-refractivity contribution is 0.156. The lowest BCUT2D eigenvalue weighted by atomic mass is 10.4. The fraction of sp³-hybridized carbons (Fsp3) is 1.00. The monoisotopic (exact) mass is 325 g/mol. The van der Waals surface area contributed by atoms with Gasteiger partial charge in [0.15, 0.2) is 0 Å². The minimum absolute atomic E-state index is 0.758. The largest absolute Gasteiger partial charge is 0.206 e. The van der Waals surface area contributed by atoms with Crippen molar-refractivity contribution in [3.63, 3.8) is 0 Å². The quantitative estimate of drug-likeness (QED) is 0.550.